The molecule has 2 saturated carbocycles. The van der Waals surface area contributed by atoms with Crippen molar-refractivity contribution in [1.29, 1.82) is 0 Å². The molecule has 3 saturated heterocycles. The number of ether oxygens (including phenoxy) is 1. The van der Waals surface area contributed by atoms with Gasteiger partial charge in [-0.2, -0.15) is 0 Å². The van der Waals surface area contributed by atoms with E-state index in [-0.39, 0.29) is 18.3 Å². The van der Waals surface area contributed by atoms with Gasteiger partial charge in [-0.3, -0.25) is 4.79 Å². The summed E-state index contributed by atoms with van der Waals surface area (Å²) in [6.45, 7) is 1.92. The van der Waals surface area contributed by atoms with Gasteiger partial charge in [-0.1, -0.05) is 6.42 Å². The van der Waals surface area contributed by atoms with E-state index in [1.807, 2.05) is 0 Å². The van der Waals surface area contributed by atoms with Gasteiger partial charge in [0.15, 0.2) is 0 Å². The smallest absolute Gasteiger partial charge is 0.225 e. The van der Waals surface area contributed by atoms with Gasteiger partial charge in [-0.15, -0.1) is 12.4 Å². The van der Waals surface area contributed by atoms with Crippen molar-refractivity contribution in [1.82, 2.24) is 4.90 Å². The van der Waals surface area contributed by atoms with Crippen LogP contribution in [0.15, 0.2) is 0 Å². The molecule has 1 amide bonds. The van der Waals surface area contributed by atoms with Gasteiger partial charge in [0.25, 0.3) is 0 Å². The lowest BCUT2D eigenvalue weighted by atomic mass is 9.65. The quantitative estimate of drug-likeness (QED) is 0.796. The highest BCUT2D eigenvalue weighted by atomic mass is 35.5. The number of rotatable bonds is 1. The van der Waals surface area contributed by atoms with E-state index in [1.165, 1.54) is 32.1 Å². The second-order valence-corrected chi connectivity index (χ2v) is 8.56. The molecule has 4 bridgehead atoms. The standard InChI is InChI=1S/C18H28N2O2.ClH/c19-17-10-2-1-3-11(17)7-12(6-10)18(21)20-8-13-14(9-20)16-5-4-15(13)22-16;/h10-17H,1-9,19H2;1H. The van der Waals surface area contributed by atoms with Gasteiger partial charge >= 0.3 is 0 Å². The summed E-state index contributed by atoms with van der Waals surface area (Å²) in [6, 6.07) is 0.361. The Hall–Kier alpha value is -0.320. The predicted molar refractivity (Wildman–Crippen MR) is 90.2 cm³/mol. The summed E-state index contributed by atoms with van der Waals surface area (Å²) >= 11 is 0. The van der Waals surface area contributed by atoms with Gasteiger partial charge in [-0.25, -0.2) is 0 Å². The highest BCUT2D eigenvalue weighted by molar-refractivity contribution is 5.85. The molecule has 5 heteroatoms. The molecule has 3 aliphatic heterocycles. The van der Waals surface area contributed by atoms with Crippen molar-refractivity contribution in [3.63, 3.8) is 0 Å². The minimum Gasteiger partial charge on any atom is -0.374 e. The molecule has 23 heavy (non-hydrogen) atoms. The first kappa shape index (κ1) is 16.2. The van der Waals surface area contributed by atoms with Crippen LogP contribution in [0, 0.1) is 29.6 Å². The average Bonchev–Trinajstić information content (AvgIpc) is 3.19. The molecule has 3 heterocycles. The van der Waals surface area contributed by atoms with E-state index < -0.39 is 0 Å². The number of amides is 1. The van der Waals surface area contributed by atoms with E-state index in [9.17, 15) is 4.79 Å². The Bertz CT molecular complexity index is 456. The van der Waals surface area contributed by atoms with Crippen LogP contribution in [0.1, 0.15) is 44.9 Å². The van der Waals surface area contributed by atoms with Gasteiger partial charge in [0.05, 0.1) is 12.2 Å². The maximum atomic E-state index is 13.0. The highest BCUT2D eigenvalue weighted by Crippen LogP contribution is 2.48. The summed E-state index contributed by atoms with van der Waals surface area (Å²) in [5, 5.41) is 0. The number of fused-ring (bicyclic) bond motifs is 7. The fourth-order valence-electron chi connectivity index (χ4n) is 6.39. The van der Waals surface area contributed by atoms with Crippen LogP contribution in [-0.4, -0.2) is 42.1 Å². The Balaban J connectivity index is 0.00000135. The number of nitrogens with zero attached hydrogens (tertiary/aromatic N) is 1. The first-order valence-electron chi connectivity index (χ1n) is 9.40. The van der Waals surface area contributed by atoms with Crippen molar-refractivity contribution in [2.45, 2.75) is 63.2 Å². The number of likely N-dealkylation sites (tertiary alicyclic amines) is 1. The lowest BCUT2D eigenvalue weighted by molar-refractivity contribution is -0.138. The summed E-state index contributed by atoms with van der Waals surface area (Å²) in [4.78, 5) is 15.2. The fraction of sp³-hybridized carbons (Fsp3) is 0.944. The Morgan fingerprint density at radius 3 is 2.09 bits per heavy atom. The highest BCUT2D eigenvalue weighted by Gasteiger charge is 2.54. The summed E-state index contributed by atoms with van der Waals surface area (Å²) in [7, 11) is 0. The number of hydrogen-bond donors (Lipinski definition) is 1. The van der Waals surface area contributed by atoms with Crippen molar-refractivity contribution in [2.24, 2.45) is 35.3 Å². The van der Waals surface area contributed by atoms with Crippen LogP contribution in [0.25, 0.3) is 0 Å². The van der Waals surface area contributed by atoms with E-state index in [2.05, 4.69) is 4.90 Å². The largest absolute Gasteiger partial charge is 0.374 e. The van der Waals surface area contributed by atoms with Gasteiger partial charge in [0.1, 0.15) is 0 Å². The van der Waals surface area contributed by atoms with Crippen LogP contribution >= 0.6 is 12.4 Å². The molecular formula is C18H29ClN2O2. The van der Waals surface area contributed by atoms with E-state index in [0.717, 1.165) is 25.9 Å². The topological polar surface area (TPSA) is 55.6 Å². The average molecular weight is 341 g/mol. The zero-order chi connectivity index (χ0) is 14.8. The second kappa shape index (κ2) is 5.89. The Morgan fingerprint density at radius 2 is 1.52 bits per heavy atom. The Morgan fingerprint density at radius 1 is 0.957 bits per heavy atom. The Labute approximate surface area is 144 Å². The summed E-state index contributed by atoms with van der Waals surface area (Å²) in [5.41, 5.74) is 6.38. The minimum absolute atomic E-state index is 0. The van der Waals surface area contributed by atoms with Crippen LogP contribution < -0.4 is 5.73 Å². The monoisotopic (exact) mass is 340 g/mol. The number of halogens is 1. The predicted octanol–water partition coefficient (Wildman–Crippen LogP) is 2.20. The molecular weight excluding hydrogens is 312 g/mol. The van der Waals surface area contributed by atoms with E-state index in [1.54, 1.807) is 0 Å². The number of nitrogens with two attached hydrogens (primary N) is 1. The molecule has 6 atom stereocenters. The summed E-state index contributed by atoms with van der Waals surface area (Å²) in [5.74, 6) is 3.16. The van der Waals surface area contributed by atoms with E-state index >= 15 is 0 Å². The van der Waals surface area contributed by atoms with Gasteiger partial charge < -0.3 is 15.4 Å². The normalized spacial score (nSPS) is 50.6. The third-order valence-electron chi connectivity index (χ3n) is 7.53. The summed E-state index contributed by atoms with van der Waals surface area (Å²) in [6.07, 6.45) is 9.23. The third kappa shape index (κ3) is 2.44. The van der Waals surface area contributed by atoms with Crippen molar-refractivity contribution < 1.29 is 9.53 Å². The SMILES string of the molecule is Cl.NC1C2CCCC1CC(C(=O)N1CC3C4CCC(O4)C3C1)C2. The second-order valence-electron chi connectivity index (χ2n) is 8.56. The zero-order valence-electron chi connectivity index (χ0n) is 13.7. The Kier molecular flexibility index (Phi) is 4.14. The minimum atomic E-state index is 0. The van der Waals surface area contributed by atoms with Crippen LogP contribution in [0.5, 0.6) is 0 Å². The van der Waals surface area contributed by atoms with Crippen LogP contribution in [0.2, 0.25) is 0 Å². The van der Waals surface area contributed by atoms with Crippen LogP contribution in [0.4, 0.5) is 0 Å². The maximum Gasteiger partial charge on any atom is 0.225 e. The first-order valence-corrected chi connectivity index (χ1v) is 9.40. The van der Waals surface area contributed by atoms with Crippen LogP contribution in [0.3, 0.4) is 0 Å². The first-order chi connectivity index (χ1) is 10.7. The van der Waals surface area contributed by atoms with Crippen molar-refractivity contribution in [3.8, 4) is 0 Å². The molecule has 0 aromatic heterocycles. The molecule has 4 nitrogen and oxygen atoms in total. The molecule has 5 fully saturated rings. The molecule has 5 rings (SSSR count). The van der Waals surface area contributed by atoms with Crippen molar-refractivity contribution in [2.75, 3.05) is 13.1 Å². The molecule has 0 spiro atoms. The maximum absolute atomic E-state index is 13.0. The number of hydrogen-bond acceptors (Lipinski definition) is 3. The molecule has 0 aromatic carbocycles. The molecule has 2 aliphatic carbocycles. The summed E-state index contributed by atoms with van der Waals surface area (Å²) < 4.78 is 6.03. The van der Waals surface area contributed by atoms with Gasteiger partial charge in [-0.05, 0) is 50.4 Å². The molecule has 5 aliphatic rings. The fourth-order valence-corrected chi connectivity index (χ4v) is 6.39. The number of carbonyl (C=O) groups is 1. The van der Waals surface area contributed by atoms with Gasteiger partial charge in [0.2, 0.25) is 5.91 Å². The molecule has 0 radical (unpaired) electrons. The van der Waals surface area contributed by atoms with Crippen LogP contribution in [-0.2, 0) is 9.53 Å². The molecule has 6 unspecified atom stereocenters. The van der Waals surface area contributed by atoms with Crippen molar-refractivity contribution >= 4 is 18.3 Å². The zero-order valence-corrected chi connectivity index (χ0v) is 14.5. The molecule has 2 N–H and O–H groups in total. The van der Waals surface area contributed by atoms with Crippen molar-refractivity contribution in [3.05, 3.63) is 0 Å². The molecule has 130 valence electrons. The lowest BCUT2D eigenvalue weighted by Gasteiger charge is -2.44. The van der Waals surface area contributed by atoms with E-state index in [0.29, 0.717) is 47.8 Å². The number of carbonyl (C=O) groups excluding carboxylic acids is 1. The molecule has 0 aromatic rings. The van der Waals surface area contributed by atoms with E-state index in [4.69, 9.17) is 10.5 Å². The third-order valence-corrected chi connectivity index (χ3v) is 7.53. The van der Waals surface area contributed by atoms with Gasteiger partial charge in [0, 0.05) is 36.9 Å². The lowest BCUT2D eigenvalue weighted by Crippen LogP contribution is -2.49.